The Hall–Kier alpha value is -4.28. The van der Waals surface area contributed by atoms with Crippen LogP contribution in [0.5, 0.6) is 5.75 Å². The second-order valence-electron chi connectivity index (χ2n) is 10.6. The van der Waals surface area contributed by atoms with Crippen LogP contribution in [0.15, 0.2) is 54.6 Å². The standard InChI is InChI=1S/C30H37FN6O4/c1-20(2)18-25-30(40)32-21(3)29-34-28(22-8-5-4-6-9-22)35-37(29)17-16-36(15-7-10-26(38)33-25)27(39)19-41-24-13-11-23(31)12-14-24/h4-6,8-9,11-14,20-21,25H,7,10,15-19H2,1-3H3,(H,32,40)(H,33,38)/t21-,25-/m1/s1. The third-order valence-corrected chi connectivity index (χ3v) is 6.78. The predicted molar refractivity (Wildman–Crippen MR) is 151 cm³/mol. The minimum Gasteiger partial charge on any atom is -0.484 e. The SMILES string of the molecule is CC(C)C[C@H]1NC(=O)CCCN(C(=O)COc2ccc(F)cc2)CCn2nc(-c3ccccc3)nc2[C@@H](C)NC1=O. The van der Waals surface area contributed by atoms with Crippen molar-refractivity contribution in [2.75, 3.05) is 19.7 Å². The Morgan fingerprint density at radius 3 is 2.49 bits per heavy atom. The van der Waals surface area contributed by atoms with Crippen molar-refractivity contribution in [3.8, 4) is 17.1 Å². The summed E-state index contributed by atoms with van der Waals surface area (Å²) in [5.74, 6) is 0.425. The van der Waals surface area contributed by atoms with E-state index >= 15 is 0 Å². The molecule has 2 N–H and O–H groups in total. The zero-order valence-corrected chi connectivity index (χ0v) is 23.7. The molecule has 2 heterocycles. The van der Waals surface area contributed by atoms with E-state index in [0.717, 1.165) is 5.56 Å². The van der Waals surface area contributed by atoms with Crippen molar-refractivity contribution in [3.05, 3.63) is 66.2 Å². The molecule has 1 aliphatic rings. The highest BCUT2D eigenvalue weighted by atomic mass is 19.1. The largest absolute Gasteiger partial charge is 0.484 e. The van der Waals surface area contributed by atoms with Crippen LogP contribution in [0.1, 0.15) is 51.9 Å². The summed E-state index contributed by atoms with van der Waals surface area (Å²) in [4.78, 5) is 45.6. The van der Waals surface area contributed by atoms with E-state index in [9.17, 15) is 18.8 Å². The third kappa shape index (κ3) is 8.36. The van der Waals surface area contributed by atoms with Crippen molar-refractivity contribution < 1.29 is 23.5 Å². The van der Waals surface area contributed by atoms with Gasteiger partial charge in [-0.2, -0.15) is 5.10 Å². The molecule has 11 heteroatoms. The molecule has 3 aromatic rings. The van der Waals surface area contributed by atoms with E-state index in [1.54, 1.807) is 9.58 Å². The number of hydrogen-bond acceptors (Lipinski definition) is 6. The molecule has 0 saturated carbocycles. The molecule has 0 aliphatic carbocycles. The van der Waals surface area contributed by atoms with Gasteiger partial charge in [0.15, 0.2) is 12.4 Å². The maximum Gasteiger partial charge on any atom is 0.260 e. The number of nitrogens with one attached hydrogen (secondary N) is 2. The highest BCUT2D eigenvalue weighted by Crippen LogP contribution is 2.20. The maximum atomic E-state index is 13.2. The number of aromatic nitrogens is 3. The summed E-state index contributed by atoms with van der Waals surface area (Å²) in [6.07, 6.45) is 1.05. The first-order valence-electron chi connectivity index (χ1n) is 14.0. The Morgan fingerprint density at radius 2 is 1.78 bits per heavy atom. The highest BCUT2D eigenvalue weighted by Gasteiger charge is 2.27. The number of amides is 3. The van der Waals surface area contributed by atoms with E-state index in [1.165, 1.54) is 24.3 Å². The lowest BCUT2D eigenvalue weighted by Gasteiger charge is -2.26. The van der Waals surface area contributed by atoms with Gasteiger partial charge in [-0.1, -0.05) is 44.2 Å². The van der Waals surface area contributed by atoms with Gasteiger partial charge in [0.1, 0.15) is 23.4 Å². The Kier molecular flexibility index (Phi) is 10.0. The first-order chi connectivity index (χ1) is 19.7. The van der Waals surface area contributed by atoms with Crippen LogP contribution in [0.3, 0.4) is 0 Å². The molecular weight excluding hydrogens is 527 g/mol. The Balaban J connectivity index is 1.59. The maximum absolute atomic E-state index is 13.2. The fourth-order valence-electron chi connectivity index (χ4n) is 4.67. The van der Waals surface area contributed by atoms with E-state index in [-0.39, 0.29) is 43.2 Å². The second-order valence-corrected chi connectivity index (χ2v) is 10.6. The molecule has 1 aromatic heterocycles. The summed E-state index contributed by atoms with van der Waals surface area (Å²) < 4.78 is 20.6. The van der Waals surface area contributed by atoms with Crippen LogP contribution in [0, 0.1) is 11.7 Å². The van der Waals surface area contributed by atoms with Crippen LogP contribution >= 0.6 is 0 Å². The fraction of sp³-hybridized carbons (Fsp3) is 0.433. The number of halogens is 1. The molecular formula is C30H37FN6O4. The quantitative estimate of drug-likeness (QED) is 0.473. The zero-order chi connectivity index (χ0) is 29.4. The Labute approximate surface area is 239 Å². The van der Waals surface area contributed by atoms with E-state index in [1.807, 2.05) is 51.1 Å². The normalized spacial score (nSPS) is 18.7. The van der Waals surface area contributed by atoms with Crippen LogP contribution in [-0.2, 0) is 20.9 Å². The van der Waals surface area contributed by atoms with Crippen molar-refractivity contribution in [1.29, 1.82) is 0 Å². The van der Waals surface area contributed by atoms with Gasteiger partial charge in [0.05, 0.1) is 12.6 Å². The number of benzene rings is 2. The van der Waals surface area contributed by atoms with Gasteiger partial charge in [-0.3, -0.25) is 14.4 Å². The zero-order valence-electron chi connectivity index (χ0n) is 23.7. The number of fused-ring (bicyclic) bond motifs is 1. The average molecular weight is 565 g/mol. The number of hydrogen-bond donors (Lipinski definition) is 2. The summed E-state index contributed by atoms with van der Waals surface area (Å²) in [6, 6.07) is 13.8. The molecule has 3 amide bonds. The summed E-state index contributed by atoms with van der Waals surface area (Å²) in [5, 5.41) is 10.6. The Bertz CT molecular complexity index is 1330. The van der Waals surface area contributed by atoms with Crippen LogP contribution in [0.25, 0.3) is 11.4 Å². The van der Waals surface area contributed by atoms with E-state index in [2.05, 4.69) is 10.6 Å². The van der Waals surface area contributed by atoms with Crippen molar-refractivity contribution in [3.63, 3.8) is 0 Å². The van der Waals surface area contributed by atoms with Crippen LogP contribution < -0.4 is 15.4 Å². The molecule has 2 atom stereocenters. The second kappa shape index (κ2) is 13.9. The first-order valence-corrected chi connectivity index (χ1v) is 14.0. The molecule has 4 rings (SSSR count). The molecule has 2 aromatic carbocycles. The van der Waals surface area contributed by atoms with Gasteiger partial charge >= 0.3 is 0 Å². The monoisotopic (exact) mass is 564 g/mol. The van der Waals surface area contributed by atoms with Crippen molar-refractivity contribution >= 4 is 17.7 Å². The molecule has 0 saturated heterocycles. The number of carbonyl (C=O) groups is 3. The van der Waals surface area contributed by atoms with Crippen molar-refractivity contribution in [1.82, 2.24) is 30.3 Å². The lowest BCUT2D eigenvalue weighted by molar-refractivity contribution is -0.134. The lowest BCUT2D eigenvalue weighted by Crippen LogP contribution is -2.48. The number of carbonyl (C=O) groups excluding carboxylic acids is 3. The van der Waals surface area contributed by atoms with Gasteiger partial charge in [-0.15, -0.1) is 0 Å². The van der Waals surface area contributed by atoms with Gasteiger partial charge in [0.25, 0.3) is 5.91 Å². The lowest BCUT2D eigenvalue weighted by atomic mass is 10.0. The van der Waals surface area contributed by atoms with Crippen LogP contribution in [-0.4, -0.2) is 63.1 Å². The van der Waals surface area contributed by atoms with Crippen LogP contribution in [0.2, 0.25) is 0 Å². The summed E-state index contributed by atoms with van der Waals surface area (Å²) >= 11 is 0. The molecule has 0 unspecified atom stereocenters. The molecule has 218 valence electrons. The van der Waals surface area contributed by atoms with E-state index in [0.29, 0.717) is 43.3 Å². The van der Waals surface area contributed by atoms with E-state index < -0.39 is 17.9 Å². The minimum atomic E-state index is -0.695. The van der Waals surface area contributed by atoms with Gasteiger partial charge in [-0.25, -0.2) is 14.1 Å². The first kappa shape index (κ1) is 29.7. The van der Waals surface area contributed by atoms with Gasteiger partial charge in [-0.05, 0) is 49.9 Å². The molecule has 41 heavy (non-hydrogen) atoms. The number of nitrogens with zero attached hydrogens (tertiary/aromatic N) is 4. The smallest absolute Gasteiger partial charge is 0.260 e. The Morgan fingerprint density at radius 1 is 1.05 bits per heavy atom. The van der Waals surface area contributed by atoms with Crippen molar-refractivity contribution in [2.24, 2.45) is 5.92 Å². The average Bonchev–Trinajstić information content (AvgIpc) is 3.38. The molecule has 10 nitrogen and oxygen atoms in total. The van der Waals surface area contributed by atoms with Crippen molar-refractivity contribution in [2.45, 2.75) is 58.7 Å². The third-order valence-electron chi connectivity index (χ3n) is 6.78. The molecule has 1 aliphatic heterocycles. The molecule has 0 fully saturated rings. The highest BCUT2D eigenvalue weighted by molar-refractivity contribution is 5.87. The summed E-state index contributed by atoms with van der Waals surface area (Å²) in [6.45, 7) is 6.49. The topological polar surface area (TPSA) is 118 Å². The minimum absolute atomic E-state index is 0.159. The fourth-order valence-corrected chi connectivity index (χ4v) is 4.67. The molecule has 0 spiro atoms. The predicted octanol–water partition coefficient (Wildman–Crippen LogP) is 3.49. The summed E-state index contributed by atoms with van der Waals surface area (Å²) in [5.41, 5.74) is 0.828. The van der Waals surface area contributed by atoms with Crippen LogP contribution in [0.4, 0.5) is 4.39 Å². The number of ether oxygens (including phenoxy) is 1. The molecule has 0 radical (unpaired) electrons. The summed E-state index contributed by atoms with van der Waals surface area (Å²) in [7, 11) is 0. The van der Waals surface area contributed by atoms with Gasteiger partial charge in [0, 0.05) is 25.1 Å². The van der Waals surface area contributed by atoms with E-state index in [4.69, 9.17) is 14.8 Å². The number of rotatable bonds is 6. The van der Waals surface area contributed by atoms with Gasteiger partial charge < -0.3 is 20.3 Å². The van der Waals surface area contributed by atoms with Gasteiger partial charge in [0.2, 0.25) is 11.8 Å². The molecule has 0 bridgehead atoms.